The van der Waals surface area contributed by atoms with Gasteiger partial charge in [-0.2, -0.15) is 4.98 Å². The van der Waals surface area contributed by atoms with Crippen molar-refractivity contribution in [1.29, 1.82) is 0 Å². The molecule has 78 valence electrons. The molecule has 15 heavy (non-hydrogen) atoms. The van der Waals surface area contributed by atoms with E-state index in [1.54, 1.807) is 17.7 Å². The maximum absolute atomic E-state index is 12.9. The Morgan fingerprint density at radius 2 is 2.07 bits per heavy atom. The van der Waals surface area contributed by atoms with Crippen molar-refractivity contribution in [3.63, 3.8) is 0 Å². The molecule has 2 rings (SSSR count). The smallest absolute Gasteiger partial charge is 0.240 e. The van der Waals surface area contributed by atoms with Crippen LogP contribution in [0.1, 0.15) is 11.4 Å². The zero-order chi connectivity index (χ0) is 11.0. The van der Waals surface area contributed by atoms with Crippen LogP contribution in [0.15, 0.2) is 18.2 Å². The van der Waals surface area contributed by atoms with E-state index in [0.29, 0.717) is 5.82 Å². The molecule has 5 heteroatoms. The molecule has 4 nitrogen and oxygen atoms in total. The molecule has 0 unspecified atom stereocenters. The maximum atomic E-state index is 12.9. The number of benzene rings is 1. The van der Waals surface area contributed by atoms with E-state index in [-0.39, 0.29) is 11.8 Å². The third kappa shape index (κ3) is 1.68. The number of hydrogen-bond donors (Lipinski definition) is 1. The zero-order valence-electron chi connectivity index (χ0n) is 8.53. The number of aryl methyl sites for hydroxylation is 2. The molecule has 1 aromatic carbocycles. The minimum absolute atomic E-state index is 0.219. The third-order valence-corrected chi connectivity index (χ3v) is 2.17. The van der Waals surface area contributed by atoms with Gasteiger partial charge in [-0.1, -0.05) is 0 Å². The van der Waals surface area contributed by atoms with Gasteiger partial charge in [-0.3, -0.25) is 0 Å². The molecule has 0 atom stereocenters. The molecule has 0 fully saturated rings. The highest BCUT2D eigenvalue weighted by Crippen LogP contribution is 2.16. The Balaban J connectivity index is 2.59. The van der Waals surface area contributed by atoms with Gasteiger partial charge < -0.3 is 5.73 Å². The lowest BCUT2D eigenvalue weighted by molar-refractivity contribution is 0.625. The second-order valence-corrected chi connectivity index (χ2v) is 3.36. The lowest BCUT2D eigenvalue weighted by Gasteiger charge is -2.06. The van der Waals surface area contributed by atoms with Gasteiger partial charge in [0.15, 0.2) is 0 Å². The molecule has 1 heterocycles. The summed E-state index contributed by atoms with van der Waals surface area (Å²) >= 11 is 0. The largest absolute Gasteiger partial charge is 0.366 e. The van der Waals surface area contributed by atoms with Gasteiger partial charge in [0, 0.05) is 0 Å². The Morgan fingerprint density at radius 1 is 1.33 bits per heavy atom. The van der Waals surface area contributed by atoms with E-state index in [1.807, 2.05) is 6.92 Å². The van der Waals surface area contributed by atoms with Crippen molar-refractivity contribution < 1.29 is 4.39 Å². The van der Waals surface area contributed by atoms with Crippen LogP contribution in [0.4, 0.5) is 10.3 Å². The van der Waals surface area contributed by atoms with Crippen molar-refractivity contribution in [3.05, 3.63) is 35.4 Å². The van der Waals surface area contributed by atoms with E-state index in [9.17, 15) is 4.39 Å². The normalized spacial score (nSPS) is 10.6. The topological polar surface area (TPSA) is 56.7 Å². The number of halogens is 1. The maximum Gasteiger partial charge on any atom is 0.240 e. The van der Waals surface area contributed by atoms with Crippen LogP contribution in [0.2, 0.25) is 0 Å². The van der Waals surface area contributed by atoms with Crippen LogP contribution in [-0.2, 0) is 0 Å². The first-order valence-corrected chi connectivity index (χ1v) is 4.53. The summed E-state index contributed by atoms with van der Waals surface area (Å²) in [6, 6.07) is 4.50. The fraction of sp³-hybridized carbons (Fsp3) is 0.200. The summed E-state index contributed by atoms with van der Waals surface area (Å²) in [7, 11) is 0. The lowest BCUT2D eigenvalue weighted by Crippen LogP contribution is -2.02. The van der Waals surface area contributed by atoms with Crippen molar-refractivity contribution in [2.45, 2.75) is 13.8 Å². The van der Waals surface area contributed by atoms with Gasteiger partial charge in [-0.05, 0) is 37.6 Å². The predicted octanol–water partition coefficient (Wildman–Crippen LogP) is 1.61. The lowest BCUT2D eigenvalue weighted by atomic mass is 10.2. The second kappa shape index (κ2) is 3.34. The quantitative estimate of drug-likeness (QED) is 0.771. The number of aromatic nitrogens is 3. The number of anilines is 1. The minimum atomic E-state index is -0.262. The molecule has 2 aromatic rings. The average Bonchev–Trinajstić information content (AvgIpc) is 2.45. The summed E-state index contributed by atoms with van der Waals surface area (Å²) in [5, 5.41) is 4.03. The first kappa shape index (κ1) is 9.64. The fourth-order valence-corrected chi connectivity index (χ4v) is 1.50. The van der Waals surface area contributed by atoms with Crippen LogP contribution in [0.3, 0.4) is 0 Å². The third-order valence-electron chi connectivity index (χ3n) is 2.17. The SMILES string of the molecule is Cc1cc(F)ccc1-n1nc(N)nc1C. The highest BCUT2D eigenvalue weighted by Gasteiger charge is 2.08. The Bertz CT molecular complexity index is 504. The van der Waals surface area contributed by atoms with Gasteiger partial charge in [0.25, 0.3) is 0 Å². The van der Waals surface area contributed by atoms with Crippen molar-refractivity contribution in [3.8, 4) is 5.69 Å². The first-order chi connectivity index (χ1) is 7.08. The van der Waals surface area contributed by atoms with Crippen LogP contribution >= 0.6 is 0 Å². The summed E-state index contributed by atoms with van der Waals surface area (Å²) in [6.45, 7) is 3.61. The van der Waals surface area contributed by atoms with Gasteiger partial charge in [-0.15, -0.1) is 5.10 Å². The Kier molecular flexibility index (Phi) is 2.15. The van der Waals surface area contributed by atoms with Gasteiger partial charge in [-0.25, -0.2) is 9.07 Å². The molecule has 0 amide bonds. The molecule has 0 saturated heterocycles. The summed E-state index contributed by atoms with van der Waals surface area (Å²) in [6.07, 6.45) is 0. The molecule has 2 N–H and O–H groups in total. The summed E-state index contributed by atoms with van der Waals surface area (Å²) < 4.78 is 14.5. The monoisotopic (exact) mass is 206 g/mol. The number of nitrogens with zero attached hydrogens (tertiary/aromatic N) is 3. The Morgan fingerprint density at radius 3 is 2.60 bits per heavy atom. The van der Waals surface area contributed by atoms with E-state index in [1.165, 1.54) is 12.1 Å². The summed E-state index contributed by atoms with van der Waals surface area (Å²) in [5.74, 6) is 0.639. The number of rotatable bonds is 1. The fourth-order valence-electron chi connectivity index (χ4n) is 1.50. The standard InChI is InChI=1S/C10H11FN4/c1-6-5-8(11)3-4-9(6)15-7(2)13-10(12)14-15/h3-5H,1-2H3,(H2,12,14). The predicted molar refractivity (Wildman–Crippen MR) is 55.2 cm³/mol. The van der Waals surface area contributed by atoms with Crippen LogP contribution in [0.5, 0.6) is 0 Å². The number of hydrogen-bond acceptors (Lipinski definition) is 3. The summed E-state index contributed by atoms with van der Waals surface area (Å²) in [5.41, 5.74) is 7.06. The Labute approximate surface area is 86.6 Å². The summed E-state index contributed by atoms with van der Waals surface area (Å²) in [4.78, 5) is 3.99. The van der Waals surface area contributed by atoms with E-state index in [0.717, 1.165) is 11.3 Å². The van der Waals surface area contributed by atoms with Gasteiger partial charge in [0.05, 0.1) is 5.69 Å². The van der Waals surface area contributed by atoms with Crippen molar-refractivity contribution in [2.75, 3.05) is 5.73 Å². The molecular formula is C10H11FN4. The molecular weight excluding hydrogens is 195 g/mol. The van der Waals surface area contributed by atoms with Crippen LogP contribution < -0.4 is 5.73 Å². The van der Waals surface area contributed by atoms with Crippen molar-refractivity contribution in [2.24, 2.45) is 0 Å². The highest BCUT2D eigenvalue weighted by atomic mass is 19.1. The first-order valence-electron chi connectivity index (χ1n) is 4.53. The van der Waals surface area contributed by atoms with Gasteiger partial charge in [0.1, 0.15) is 11.6 Å². The number of nitrogen functional groups attached to an aromatic ring is 1. The molecule has 0 bridgehead atoms. The van der Waals surface area contributed by atoms with E-state index in [2.05, 4.69) is 10.1 Å². The highest BCUT2D eigenvalue weighted by molar-refractivity contribution is 5.41. The number of nitrogens with two attached hydrogens (primary N) is 1. The minimum Gasteiger partial charge on any atom is -0.366 e. The average molecular weight is 206 g/mol. The Hall–Kier alpha value is -1.91. The molecule has 0 aliphatic rings. The van der Waals surface area contributed by atoms with Crippen LogP contribution in [0.25, 0.3) is 5.69 Å². The zero-order valence-corrected chi connectivity index (χ0v) is 8.53. The van der Waals surface area contributed by atoms with E-state index >= 15 is 0 Å². The van der Waals surface area contributed by atoms with Gasteiger partial charge >= 0.3 is 0 Å². The molecule has 0 aliphatic carbocycles. The molecule has 0 saturated carbocycles. The van der Waals surface area contributed by atoms with Crippen molar-refractivity contribution >= 4 is 5.95 Å². The van der Waals surface area contributed by atoms with Crippen LogP contribution in [-0.4, -0.2) is 14.8 Å². The molecule has 0 aliphatic heterocycles. The van der Waals surface area contributed by atoms with Gasteiger partial charge in [0.2, 0.25) is 5.95 Å². The van der Waals surface area contributed by atoms with E-state index in [4.69, 9.17) is 5.73 Å². The molecule has 1 aromatic heterocycles. The molecule has 0 spiro atoms. The molecule has 0 radical (unpaired) electrons. The van der Waals surface area contributed by atoms with Crippen molar-refractivity contribution in [1.82, 2.24) is 14.8 Å². The van der Waals surface area contributed by atoms with E-state index < -0.39 is 0 Å². The second-order valence-electron chi connectivity index (χ2n) is 3.36. The van der Waals surface area contributed by atoms with Crippen LogP contribution in [0, 0.1) is 19.7 Å².